The van der Waals surface area contributed by atoms with Crippen LogP contribution in [0.3, 0.4) is 0 Å². The second-order valence-corrected chi connectivity index (χ2v) is 15.7. The van der Waals surface area contributed by atoms with Crippen molar-refractivity contribution >= 4 is 25.5 Å². The fraction of sp³-hybridized carbons (Fsp3) is 0.829. The molecule has 0 saturated heterocycles. The molecule has 0 aromatic rings. The lowest BCUT2D eigenvalue weighted by Crippen LogP contribution is -2.29. The van der Waals surface area contributed by atoms with Gasteiger partial charge in [-0.15, -0.1) is 0 Å². The van der Waals surface area contributed by atoms with Crippen LogP contribution in [-0.4, -0.2) is 71.5 Å². The third-order valence-corrected chi connectivity index (χ3v) is 10.1. The molecule has 0 amide bonds. The van der Waals surface area contributed by atoms with Crippen molar-refractivity contribution < 1.29 is 52.6 Å². The molecule has 0 spiro atoms. The van der Waals surface area contributed by atoms with Gasteiger partial charge in [0.2, 0.25) is 0 Å². The fourth-order valence-electron chi connectivity index (χ4n) is 5.48. The summed E-state index contributed by atoms with van der Waals surface area (Å²) in [6.07, 6.45) is 28.2. The van der Waals surface area contributed by atoms with Gasteiger partial charge in [0.05, 0.1) is 19.8 Å². The van der Waals surface area contributed by atoms with Crippen molar-refractivity contribution in [2.75, 3.05) is 26.4 Å². The number of aliphatic hydroxyl groups is 2. The van der Waals surface area contributed by atoms with Crippen LogP contribution in [0.2, 0.25) is 0 Å². The molecule has 0 aromatic carbocycles. The second kappa shape index (κ2) is 35.8. The Labute approximate surface area is 321 Å². The minimum absolute atomic E-state index is 0.0993. The average Bonchev–Trinajstić information content (AvgIpc) is 3.14. The number of hydrogen-bond acceptors (Lipinski definition) is 10. The fourth-order valence-corrected chi connectivity index (χ4v) is 6.27. The SMILES string of the molecule is CCCCC/C=C\C=C\C(=O)CCCCCCCC(=O)O[C@H](COC(=O)CCCCCCCCCCCCC(C)CC)COP(=O)(O)OC[C@@H](O)CO. The van der Waals surface area contributed by atoms with E-state index in [1.54, 1.807) is 12.2 Å². The average molecular weight is 775 g/mol. The highest BCUT2D eigenvalue weighted by Crippen LogP contribution is 2.43. The van der Waals surface area contributed by atoms with Crippen LogP contribution in [0.1, 0.15) is 175 Å². The summed E-state index contributed by atoms with van der Waals surface area (Å²) in [5.74, 6) is -0.0825. The highest BCUT2D eigenvalue weighted by atomic mass is 31.2. The highest BCUT2D eigenvalue weighted by molar-refractivity contribution is 7.47. The van der Waals surface area contributed by atoms with Crippen LogP contribution in [0.4, 0.5) is 0 Å². The van der Waals surface area contributed by atoms with Crippen LogP contribution >= 0.6 is 7.82 Å². The van der Waals surface area contributed by atoms with Crippen molar-refractivity contribution in [1.82, 2.24) is 0 Å². The first kappa shape index (κ1) is 51.1. The van der Waals surface area contributed by atoms with Gasteiger partial charge in [-0.1, -0.05) is 142 Å². The minimum atomic E-state index is -4.64. The summed E-state index contributed by atoms with van der Waals surface area (Å²) in [7, 11) is -4.64. The van der Waals surface area contributed by atoms with Gasteiger partial charge in [0.15, 0.2) is 11.9 Å². The molecule has 0 saturated carbocycles. The number of phosphoric ester groups is 1. The number of hydrogen-bond donors (Lipinski definition) is 3. The zero-order chi connectivity index (χ0) is 39.4. The number of esters is 2. The topological polar surface area (TPSA) is 166 Å². The molecule has 0 radical (unpaired) electrons. The third-order valence-electron chi connectivity index (χ3n) is 9.13. The van der Waals surface area contributed by atoms with Crippen LogP contribution < -0.4 is 0 Å². The van der Waals surface area contributed by atoms with E-state index in [9.17, 15) is 28.9 Å². The molecule has 0 bridgehead atoms. The molecule has 0 aliphatic rings. The molecule has 12 heteroatoms. The Morgan fingerprint density at radius 2 is 1.23 bits per heavy atom. The summed E-state index contributed by atoms with van der Waals surface area (Å²) in [4.78, 5) is 46.9. The van der Waals surface area contributed by atoms with Gasteiger partial charge in [-0.2, -0.15) is 0 Å². The molecule has 0 aliphatic carbocycles. The first-order valence-electron chi connectivity index (χ1n) is 20.6. The lowest BCUT2D eigenvalue weighted by Gasteiger charge is -2.20. The molecule has 11 nitrogen and oxygen atoms in total. The van der Waals surface area contributed by atoms with E-state index in [1.807, 2.05) is 6.08 Å². The summed E-state index contributed by atoms with van der Waals surface area (Å²) in [5, 5.41) is 18.3. The molecule has 310 valence electrons. The largest absolute Gasteiger partial charge is 0.472 e. The van der Waals surface area contributed by atoms with Crippen LogP contribution in [0, 0.1) is 5.92 Å². The lowest BCUT2D eigenvalue weighted by atomic mass is 9.99. The predicted octanol–water partition coefficient (Wildman–Crippen LogP) is 9.65. The number of carbonyl (C=O) groups excluding carboxylic acids is 3. The van der Waals surface area contributed by atoms with Crippen LogP contribution in [0.25, 0.3) is 0 Å². The standard InChI is InChI=1S/C41H75O11P/c1-4-6-7-8-13-18-23-28-37(43)29-24-19-16-21-26-31-41(46)52-39(35-51-53(47,48)50-33-38(44)32-42)34-49-40(45)30-25-20-15-12-10-9-11-14-17-22-27-36(3)5-2/h13,18,23,28,36,38-39,42,44H,4-12,14-17,19-22,24-27,29-35H2,1-3H3,(H,47,48)/b18-13-,28-23+/t36?,38-,39+/m0/s1. The molecular formula is C41H75O11P. The molecule has 0 rings (SSSR count). The van der Waals surface area contributed by atoms with E-state index in [0.29, 0.717) is 19.3 Å². The zero-order valence-electron chi connectivity index (χ0n) is 33.4. The van der Waals surface area contributed by atoms with Crippen molar-refractivity contribution in [2.24, 2.45) is 5.92 Å². The monoisotopic (exact) mass is 775 g/mol. The normalized spacial score (nSPS) is 14.7. The van der Waals surface area contributed by atoms with E-state index in [0.717, 1.165) is 63.7 Å². The Morgan fingerprint density at radius 3 is 1.81 bits per heavy atom. The van der Waals surface area contributed by atoms with E-state index in [1.165, 1.54) is 64.2 Å². The Morgan fingerprint density at radius 1 is 0.679 bits per heavy atom. The van der Waals surface area contributed by atoms with E-state index in [-0.39, 0.29) is 25.2 Å². The van der Waals surface area contributed by atoms with E-state index < -0.39 is 51.8 Å². The molecule has 53 heavy (non-hydrogen) atoms. The Balaban J connectivity index is 4.42. The van der Waals surface area contributed by atoms with Gasteiger partial charge < -0.3 is 24.6 Å². The van der Waals surface area contributed by atoms with Gasteiger partial charge in [0.1, 0.15) is 12.7 Å². The van der Waals surface area contributed by atoms with Crippen LogP contribution in [0.15, 0.2) is 24.3 Å². The minimum Gasteiger partial charge on any atom is -0.462 e. The molecule has 0 fully saturated rings. The van der Waals surface area contributed by atoms with E-state index in [4.69, 9.17) is 19.1 Å². The summed E-state index contributed by atoms with van der Waals surface area (Å²) >= 11 is 0. The van der Waals surface area contributed by atoms with Crippen molar-refractivity contribution in [3.8, 4) is 0 Å². The van der Waals surface area contributed by atoms with Crippen molar-refractivity contribution in [1.29, 1.82) is 0 Å². The maximum Gasteiger partial charge on any atom is 0.472 e. The van der Waals surface area contributed by atoms with Crippen LogP contribution in [-0.2, 0) is 37.5 Å². The molecule has 0 heterocycles. The Kier molecular flexibility index (Phi) is 34.5. The quantitative estimate of drug-likeness (QED) is 0.0180. The summed E-state index contributed by atoms with van der Waals surface area (Å²) < 4.78 is 32.6. The first-order valence-corrected chi connectivity index (χ1v) is 22.1. The van der Waals surface area contributed by atoms with Gasteiger partial charge in [0, 0.05) is 19.3 Å². The number of rotatable bonds is 38. The number of aliphatic hydroxyl groups excluding tert-OH is 2. The maximum atomic E-state index is 12.6. The lowest BCUT2D eigenvalue weighted by molar-refractivity contribution is -0.161. The van der Waals surface area contributed by atoms with Gasteiger partial charge in [0.25, 0.3) is 0 Å². The van der Waals surface area contributed by atoms with Gasteiger partial charge in [-0.05, 0) is 44.1 Å². The molecule has 3 N–H and O–H groups in total. The molecule has 0 aliphatic heterocycles. The number of ether oxygens (including phenoxy) is 2. The van der Waals surface area contributed by atoms with Crippen molar-refractivity contribution in [3.63, 3.8) is 0 Å². The number of carbonyl (C=O) groups is 3. The van der Waals surface area contributed by atoms with Gasteiger partial charge in [-0.25, -0.2) is 4.57 Å². The second-order valence-electron chi connectivity index (χ2n) is 14.3. The van der Waals surface area contributed by atoms with E-state index >= 15 is 0 Å². The predicted molar refractivity (Wildman–Crippen MR) is 210 cm³/mol. The molecule has 4 atom stereocenters. The van der Waals surface area contributed by atoms with Crippen LogP contribution in [0.5, 0.6) is 0 Å². The third kappa shape index (κ3) is 35.6. The summed E-state index contributed by atoms with van der Waals surface area (Å²) in [6.45, 7) is 4.52. The number of phosphoric acid groups is 1. The summed E-state index contributed by atoms with van der Waals surface area (Å²) in [5.41, 5.74) is 0. The molecular weight excluding hydrogens is 699 g/mol. The zero-order valence-corrected chi connectivity index (χ0v) is 34.3. The maximum absolute atomic E-state index is 12.6. The number of allylic oxidation sites excluding steroid dienone is 4. The van der Waals surface area contributed by atoms with Gasteiger partial charge >= 0.3 is 19.8 Å². The van der Waals surface area contributed by atoms with E-state index in [2.05, 4.69) is 31.4 Å². The first-order chi connectivity index (χ1) is 25.5. The molecule has 2 unspecified atom stereocenters. The number of ketones is 1. The highest BCUT2D eigenvalue weighted by Gasteiger charge is 2.27. The smallest absolute Gasteiger partial charge is 0.462 e. The van der Waals surface area contributed by atoms with Crippen molar-refractivity contribution in [3.05, 3.63) is 24.3 Å². The number of unbranched alkanes of at least 4 members (excludes halogenated alkanes) is 16. The Bertz CT molecular complexity index is 1020. The summed E-state index contributed by atoms with van der Waals surface area (Å²) in [6, 6.07) is 0. The van der Waals surface area contributed by atoms with Crippen molar-refractivity contribution in [2.45, 2.75) is 187 Å². The Hall–Kier alpha value is -1.88. The molecule has 0 aromatic heterocycles. The van der Waals surface area contributed by atoms with Gasteiger partial charge in [-0.3, -0.25) is 23.4 Å².